The van der Waals surface area contributed by atoms with Crippen LogP contribution in [0.2, 0.25) is 5.15 Å². The van der Waals surface area contributed by atoms with Crippen molar-refractivity contribution in [2.45, 2.75) is 32.7 Å². The minimum Gasteiger partial charge on any atom is -0.349 e. The van der Waals surface area contributed by atoms with E-state index in [1.807, 2.05) is 14.1 Å². The largest absolute Gasteiger partial charge is 0.349 e. The second-order valence-electron chi connectivity index (χ2n) is 5.16. The molecule has 0 bridgehead atoms. The van der Waals surface area contributed by atoms with Gasteiger partial charge in [0.25, 0.3) is 5.91 Å². The Kier molecular flexibility index (Phi) is 6.96. The van der Waals surface area contributed by atoms with E-state index in [1.54, 1.807) is 18.2 Å². The molecule has 1 atom stereocenters. The third kappa shape index (κ3) is 4.76. The van der Waals surface area contributed by atoms with Crippen molar-refractivity contribution in [3.63, 3.8) is 0 Å². The number of rotatable bonds is 7. The van der Waals surface area contributed by atoms with Crippen LogP contribution in [0, 0.1) is 5.92 Å². The molecule has 1 rings (SSSR count). The van der Waals surface area contributed by atoms with Gasteiger partial charge in [0.1, 0.15) is 10.8 Å². The van der Waals surface area contributed by atoms with Crippen LogP contribution in [-0.4, -0.2) is 42.5 Å². The van der Waals surface area contributed by atoms with E-state index in [2.05, 4.69) is 29.0 Å². The lowest BCUT2D eigenvalue weighted by Gasteiger charge is -2.31. The summed E-state index contributed by atoms with van der Waals surface area (Å²) >= 11 is 5.80. The van der Waals surface area contributed by atoms with Crippen LogP contribution in [0.1, 0.15) is 37.2 Å². The average molecular weight is 298 g/mol. The van der Waals surface area contributed by atoms with E-state index >= 15 is 0 Å². The van der Waals surface area contributed by atoms with Crippen LogP contribution in [0.15, 0.2) is 18.2 Å². The van der Waals surface area contributed by atoms with Crippen LogP contribution in [0.5, 0.6) is 0 Å². The summed E-state index contributed by atoms with van der Waals surface area (Å²) in [5, 5.41) is 3.29. The zero-order valence-corrected chi connectivity index (χ0v) is 13.4. The number of carbonyl (C=O) groups excluding carboxylic acids is 1. The third-order valence-corrected chi connectivity index (χ3v) is 3.89. The molecular weight excluding hydrogens is 274 g/mol. The van der Waals surface area contributed by atoms with Crippen molar-refractivity contribution in [2.75, 3.05) is 20.6 Å². The van der Waals surface area contributed by atoms with Gasteiger partial charge in [-0.1, -0.05) is 44.4 Å². The molecule has 0 radical (unpaired) electrons. The first-order chi connectivity index (χ1) is 9.49. The summed E-state index contributed by atoms with van der Waals surface area (Å²) in [5.74, 6) is 0.392. The van der Waals surface area contributed by atoms with Gasteiger partial charge in [0.15, 0.2) is 0 Å². The maximum absolute atomic E-state index is 12.1. The molecule has 1 unspecified atom stereocenters. The zero-order valence-electron chi connectivity index (χ0n) is 12.7. The lowest BCUT2D eigenvalue weighted by molar-refractivity contribution is 0.0924. The lowest BCUT2D eigenvalue weighted by atomic mass is 9.93. The van der Waals surface area contributed by atoms with Crippen LogP contribution in [0.25, 0.3) is 0 Å². The molecule has 1 amide bonds. The lowest BCUT2D eigenvalue weighted by Crippen LogP contribution is -2.44. The summed E-state index contributed by atoms with van der Waals surface area (Å²) in [6, 6.07) is 5.39. The first-order valence-electron chi connectivity index (χ1n) is 7.06. The minimum atomic E-state index is -0.176. The molecule has 0 saturated heterocycles. The zero-order chi connectivity index (χ0) is 15.1. The first-order valence-corrected chi connectivity index (χ1v) is 7.44. The molecule has 4 nitrogen and oxygen atoms in total. The Morgan fingerprint density at radius 3 is 2.50 bits per heavy atom. The highest BCUT2D eigenvalue weighted by Gasteiger charge is 2.21. The molecule has 0 aliphatic heterocycles. The summed E-state index contributed by atoms with van der Waals surface area (Å²) in [6.45, 7) is 4.99. The summed E-state index contributed by atoms with van der Waals surface area (Å²) in [7, 11) is 4.10. The third-order valence-electron chi connectivity index (χ3n) is 3.68. The highest BCUT2D eigenvalue weighted by molar-refractivity contribution is 6.29. The number of nitrogens with one attached hydrogen (secondary N) is 1. The minimum absolute atomic E-state index is 0.176. The molecule has 1 aromatic rings. The van der Waals surface area contributed by atoms with E-state index in [0.717, 1.165) is 12.8 Å². The molecule has 1 aromatic heterocycles. The summed E-state index contributed by atoms with van der Waals surface area (Å²) in [5.41, 5.74) is 0.361. The standard InChI is InChI=1S/C15H24ClN3O/c1-5-11(6-2)13(19(3)4)10-17-15(20)12-8-7-9-14(16)18-12/h7-9,11,13H,5-6,10H2,1-4H3,(H,17,20). The maximum atomic E-state index is 12.1. The molecule has 112 valence electrons. The van der Waals surface area contributed by atoms with Gasteiger partial charge in [0.05, 0.1) is 0 Å². The van der Waals surface area contributed by atoms with Crippen molar-refractivity contribution < 1.29 is 4.79 Å². The predicted molar refractivity (Wildman–Crippen MR) is 83.1 cm³/mol. The Balaban J connectivity index is 2.65. The molecule has 1 N–H and O–H groups in total. The van der Waals surface area contributed by atoms with Crippen molar-refractivity contribution in [3.05, 3.63) is 29.0 Å². The fourth-order valence-electron chi connectivity index (χ4n) is 2.43. The number of carbonyl (C=O) groups is 1. The highest BCUT2D eigenvalue weighted by atomic mass is 35.5. The first kappa shape index (κ1) is 16.9. The average Bonchev–Trinajstić information content (AvgIpc) is 2.42. The number of nitrogens with zero attached hydrogens (tertiary/aromatic N) is 2. The van der Waals surface area contributed by atoms with Crippen molar-refractivity contribution >= 4 is 17.5 Å². The van der Waals surface area contributed by atoms with E-state index in [9.17, 15) is 4.79 Å². The van der Waals surface area contributed by atoms with E-state index in [1.165, 1.54) is 0 Å². The van der Waals surface area contributed by atoms with Crippen LogP contribution in [0.4, 0.5) is 0 Å². The van der Waals surface area contributed by atoms with Gasteiger partial charge < -0.3 is 10.2 Å². The number of hydrogen-bond acceptors (Lipinski definition) is 3. The topological polar surface area (TPSA) is 45.2 Å². The molecule has 1 heterocycles. The van der Waals surface area contributed by atoms with Gasteiger partial charge in [-0.05, 0) is 32.1 Å². The highest BCUT2D eigenvalue weighted by Crippen LogP contribution is 2.16. The smallest absolute Gasteiger partial charge is 0.269 e. The fourth-order valence-corrected chi connectivity index (χ4v) is 2.59. The quantitative estimate of drug-likeness (QED) is 0.787. The molecule has 0 saturated carbocycles. The van der Waals surface area contributed by atoms with Gasteiger partial charge in [-0.3, -0.25) is 4.79 Å². The molecule has 0 aliphatic rings. The molecule has 0 aliphatic carbocycles. The number of likely N-dealkylation sites (N-methyl/N-ethyl adjacent to an activating group) is 1. The molecule has 0 spiro atoms. The van der Waals surface area contributed by atoms with Crippen LogP contribution in [-0.2, 0) is 0 Å². The van der Waals surface area contributed by atoms with E-state index in [0.29, 0.717) is 29.4 Å². The molecular formula is C15H24ClN3O. The summed E-state index contributed by atoms with van der Waals surface area (Å²) < 4.78 is 0. The second kappa shape index (κ2) is 8.22. The van der Waals surface area contributed by atoms with Gasteiger partial charge >= 0.3 is 0 Å². The Bertz CT molecular complexity index is 433. The molecule has 0 aromatic carbocycles. The number of halogens is 1. The molecule has 5 heteroatoms. The Hall–Kier alpha value is -1.13. The van der Waals surface area contributed by atoms with Gasteiger partial charge in [-0.15, -0.1) is 0 Å². The molecule has 0 fully saturated rings. The van der Waals surface area contributed by atoms with Crippen LogP contribution in [0.3, 0.4) is 0 Å². The molecule has 20 heavy (non-hydrogen) atoms. The monoisotopic (exact) mass is 297 g/mol. The van der Waals surface area contributed by atoms with Crippen molar-refractivity contribution in [1.29, 1.82) is 0 Å². The maximum Gasteiger partial charge on any atom is 0.269 e. The second-order valence-corrected chi connectivity index (χ2v) is 5.55. The van der Waals surface area contributed by atoms with E-state index in [-0.39, 0.29) is 5.91 Å². The predicted octanol–water partition coefficient (Wildman–Crippen LogP) is 2.83. The van der Waals surface area contributed by atoms with Gasteiger partial charge in [0, 0.05) is 12.6 Å². The summed E-state index contributed by atoms with van der Waals surface area (Å²) in [6.07, 6.45) is 2.20. The SMILES string of the molecule is CCC(CC)C(CNC(=O)c1cccc(Cl)n1)N(C)C. The van der Waals surface area contributed by atoms with Crippen molar-refractivity contribution in [2.24, 2.45) is 5.92 Å². The number of pyridine rings is 1. The normalized spacial score (nSPS) is 12.8. The Morgan fingerprint density at radius 1 is 1.35 bits per heavy atom. The van der Waals surface area contributed by atoms with Crippen LogP contribution >= 0.6 is 11.6 Å². The number of aromatic nitrogens is 1. The Labute approximate surface area is 126 Å². The fraction of sp³-hybridized carbons (Fsp3) is 0.600. The van der Waals surface area contributed by atoms with Gasteiger partial charge in [-0.25, -0.2) is 4.98 Å². The van der Waals surface area contributed by atoms with E-state index in [4.69, 9.17) is 11.6 Å². The van der Waals surface area contributed by atoms with E-state index < -0.39 is 0 Å². The number of amides is 1. The van der Waals surface area contributed by atoms with Crippen molar-refractivity contribution in [1.82, 2.24) is 15.2 Å². The summed E-state index contributed by atoms with van der Waals surface area (Å²) in [4.78, 5) is 18.3. The van der Waals surface area contributed by atoms with Gasteiger partial charge in [-0.2, -0.15) is 0 Å². The Morgan fingerprint density at radius 2 is 2.00 bits per heavy atom. The van der Waals surface area contributed by atoms with Crippen LogP contribution < -0.4 is 5.32 Å². The number of hydrogen-bond donors (Lipinski definition) is 1. The van der Waals surface area contributed by atoms with Gasteiger partial charge in [0.2, 0.25) is 0 Å². The van der Waals surface area contributed by atoms with Crippen molar-refractivity contribution in [3.8, 4) is 0 Å².